The van der Waals surface area contributed by atoms with Crippen LogP contribution < -0.4 is 18.9 Å². The molecule has 4 unspecified atom stereocenters. The number of phenols is 1. The number of esters is 2. The van der Waals surface area contributed by atoms with E-state index in [1.165, 1.54) is 14.2 Å². The lowest BCUT2D eigenvalue weighted by molar-refractivity contribution is -0.154. The molecule has 34 heavy (non-hydrogen) atoms. The third-order valence-electron chi connectivity index (χ3n) is 6.69. The van der Waals surface area contributed by atoms with Crippen LogP contribution in [-0.2, 0) is 19.1 Å². The Kier molecular flexibility index (Phi) is 5.63. The van der Waals surface area contributed by atoms with Crippen LogP contribution in [0.2, 0.25) is 0 Å². The van der Waals surface area contributed by atoms with Crippen LogP contribution in [0.3, 0.4) is 0 Å². The summed E-state index contributed by atoms with van der Waals surface area (Å²) in [5, 5.41) is 10.4. The molecule has 9 nitrogen and oxygen atoms in total. The average molecular weight is 470 g/mol. The van der Waals surface area contributed by atoms with Gasteiger partial charge in [0, 0.05) is 23.8 Å². The van der Waals surface area contributed by atoms with Crippen LogP contribution in [-0.4, -0.2) is 44.7 Å². The van der Waals surface area contributed by atoms with Crippen molar-refractivity contribution in [2.24, 2.45) is 11.8 Å². The Bertz CT molecular complexity index is 1120. The fraction of sp³-hybridized carbons (Fsp3) is 0.440. The molecular weight excluding hydrogens is 444 g/mol. The van der Waals surface area contributed by atoms with E-state index in [1.54, 1.807) is 12.1 Å². The van der Waals surface area contributed by atoms with Crippen LogP contribution in [0.15, 0.2) is 24.3 Å². The van der Waals surface area contributed by atoms with E-state index in [1.807, 2.05) is 19.1 Å². The number of benzene rings is 2. The van der Waals surface area contributed by atoms with Crippen molar-refractivity contribution in [3.63, 3.8) is 0 Å². The van der Waals surface area contributed by atoms with Crippen molar-refractivity contribution in [1.82, 2.24) is 0 Å². The van der Waals surface area contributed by atoms with E-state index in [0.29, 0.717) is 23.5 Å². The van der Waals surface area contributed by atoms with Gasteiger partial charge in [-0.1, -0.05) is 6.92 Å². The zero-order chi connectivity index (χ0) is 24.0. The second kappa shape index (κ2) is 8.62. The molecule has 0 saturated carbocycles. The number of rotatable bonds is 6. The summed E-state index contributed by atoms with van der Waals surface area (Å²) in [5.74, 6) is -0.790. The topological polar surface area (TPSA) is 110 Å². The SMILES string of the molecule is CCCC(=O)OC1c2cc3c(cc2C(c2cc(OC)c(O)c(OC)c2)C2C(=O)OCC12)OCO3. The maximum atomic E-state index is 13.0. The fourth-order valence-corrected chi connectivity index (χ4v) is 5.16. The van der Waals surface area contributed by atoms with Gasteiger partial charge in [-0.05, 0) is 41.8 Å². The Labute approximate surface area is 196 Å². The maximum absolute atomic E-state index is 13.0. The molecule has 1 aliphatic carbocycles. The first-order valence-electron chi connectivity index (χ1n) is 11.2. The van der Waals surface area contributed by atoms with E-state index < -0.39 is 23.9 Å². The number of hydrogen-bond acceptors (Lipinski definition) is 9. The quantitative estimate of drug-likeness (QED) is 0.635. The molecular formula is C25H26O9. The molecule has 0 aromatic heterocycles. The molecule has 4 atom stereocenters. The summed E-state index contributed by atoms with van der Waals surface area (Å²) in [6.07, 6.45) is 0.258. The highest BCUT2D eigenvalue weighted by Crippen LogP contribution is 2.56. The van der Waals surface area contributed by atoms with Crippen molar-refractivity contribution in [3.8, 4) is 28.7 Å². The van der Waals surface area contributed by atoms with E-state index in [4.69, 9.17) is 28.4 Å². The highest BCUT2D eigenvalue weighted by atomic mass is 16.7. The van der Waals surface area contributed by atoms with Crippen molar-refractivity contribution in [1.29, 1.82) is 0 Å². The van der Waals surface area contributed by atoms with E-state index in [9.17, 15) is 14.7 Å². The maximum Gasteiger partial charge on any atom is 0.310 e. The molecule has 0 amide bonds. The van der Waals surface area contributed by atoms with E-state index in [0.717, 1.165) is 11.1 Å². The second-order valence-electron chi connectivity index (χ2n) is 8.57. The molecule has 1 saturated heterocycles. The Hall–Kier alpha value is -3.62. The number of phenolic OH excluding ortho intramolecular Hbond substituents is 1. The zero-order valence-corrected chi connectivity index (χ0v) is 19.2. The molecule has 180 valence electrons. The predicted molar refractivity (Wildman–Crippen MR) is 117 cm³/mol. The lowest BCUT2D eigenvalue weighted by Crippen LogP contribution is -2.36. The molecule has 9 heteroatoms. The van der Waals surface area contributed by atoms with Gasteiger partial charge in [-0.2, -0.15) is 0 Å². The molecule has 1 fully saturated rings. The van der Waals surface area contributed by atoms with E-state index in [2.05, 4.69) is 0 Å². The minimum atomic E-state index is -0.669. The number of aromatic hydroxyl groups is 1. The summed E-state index contributed by atoms with van der Waals surface area (Å²) in [4.78, 5) is 25.6. The molecule has 2 heterocycles. The van der Waals surface area contributed by atoms with Gasteiger partial charge in [0.1, 0.15) is 6.10 Å². The van der Waals surface area contributed by atoms with Crippen LogP contribution in [0, 0.1) is 11.8 Å². The number of ether oxygens (including phenoxy) is 6. The van der Waals surface area contributed by atoms with Gasteiger partial charge in [0.05, 0.1) is 26.7 Å². The van der Waals surface area contributed by atoms with Gasteiger partial charge in [0.15, 0.2) is 23.0 Å². The molecule has 2 aliphatic heterocycles. The molecule has 1 N–H and O–H groups in total. The van der Waals surface area contributed by atoms with Gasteiger partial charge in [0.25, 0.3) is 0 Å². The first kappa shape index (κ1) is 22.2. The minimum Gasteiger partial charge on any atom is -0.502 e. The number of cyclic esters (lactones) is 1. The van der Waals surface area contributed by atoms with Gasteiger partial charge in [-0.3, -0.25) is 9.59 Å². The van der Waals surface area contributed by atoms with Crippen molar-refractivity contribution < 1.29 is 43.1 Å². The van der Waals surface area contributed by atoms with Crippen molar-refractivity contribution in [2.75, 3.05) is 27.6 Å². The third kappa shape index (κ3) is 3.46. The predicted octanol–water partition coefficient (Wildman–Crippen LogP) is 3.46. The fourth-order valence-electron chi connectivity index (χ4n) is 5.16. The van der Waals surface area contributed by atoms with Crippen LogP contribution in [0.1, 0.15) is 48.5 Å². The number of carbonyl (C=O) groups is 2. The van der Waals surface area contributed by atoms with Gasteiger partial charge in [-0.25, -0.2) is 0 Å². The number of carbonyl (C=O) groups excluding carboxylic acids is 2. The molecule has 0 bridgehead atoms. The highest BCUT2D eigenvalue weighted by molar-refractivity contribution is 5.79. The monoisotopic (exact) mass is 470 g/mol. The van der Waals surface area contributed by atoms with E-state index in [-0.39, 0.29) is 49.0 Å². The van der Waals surface area contributed by atoms with Gasteiger partial charge >= 0.3 is 11.9 Å². The normalized spacial score (nSPS) is 24.1. The molecule has 0 spiro atoms. The van der Waals surface area contributed by atoms with Crippen LogP contribution in [0.5, 0.6) is 28.7 Å². The van der Waals surface area contributed by atoms with Gasteiger partial charge < -0.3 is 33.5 Å². The largest absolute Gasteiger partial charge is 0.502 e. The molecule has 2 aromatic carbocycles. The first-order valence-corrected chi connectivity index (χ1v) is 11.2. The van der Waals surface area contributed by atoms with E-state index >= 15 is 0 Å². The minimum absolute atomic E-state index is 0.0823. The summed E-state index contributed by atoms with van der Waals surface area (Å²) in [5.41, 5.74) is 2.19. The Morgan fingerprint density at radius 3 is 2.29 bits per heavy atom. The second-order valence-corrected chi connectivity index (χ2v) is 8.57. The first-order chi connectivity index (χ1) is 16.5. The highest BCUT2D eigenvalue weighted by Gasteiger charge is 2.54. The summed E-state index contributed by atoms with van der Waals surface area (Å²) in [6, 6.07) is 7.02. The summed E-state index contributed by atoms with van der Waals surface area (Å²) in [7, 11) is 2.89. The molecule has 2 aromatic rings. The lowest BCUT2D eigenvalue weighted by Gasteiger charge is -2.38. The summed E-state index contributed by atoms with van der Waals surface area (Å²) < 4.78 is 33.3. The third-order valence-corrected chi connectivity index (χ3v) is 6.69. The number of fused-ring (bicyclic) bond motifs is 3. The van der Waals surface area contributed by atoms with Gasteiger partial charge in [0.2, 0.25) is 12.5 Å². The zero-order valence-electron chi connectivity index (χ0n) is 19.2. The van der Waals surface area contributed by atoms with Crippen LogP contribution >= 0.6 is 0 Å². The molecule has 3 aliphatic rings. The standard InChI is InChI=1S/C25H26O9/c1-4-5-20(26)34-24-14-9-17-16(32-11-33-17)8-13(14)21(22-15(24)10-31-25(22)28)12-6-18(29-2)23(27)19(7-12)30-3/h6-9,15,21-22,24,27H,4-5,10-11H2,1-3H3. The smallest absolute Gasteiger partial charge is 0.310 e. The van der Waals surface area contributed by atoms with Crippen LogP contribution in [0.4, 0.5) is 0 Å². The lowest BCUT2D eigenvalue weighted by atomic mass is 9.66. The average Bonchev–Trinajstić information content (AvgIpc) is 3.45. The number of hydrogen-bond donors (Lipinski definition) is 1. The van der Waals surface area contributed by atoms with Crippen molar-refractivity contribution >= 4 is 11.9 Å². The Morgan fingerprint density at radius 2 is 1.68 bits per heavy atom. The van der Waals surface area contributed by atoms with Crippen LogP contribution in [0.25, 0.3) is 0 Å². The summed E-state index contributed by atoms with van der Waals surface area (Å²) in [6.45, 7) is 2.12. The van der Waals surface area contributed by atoms with Crippen molar-refractivity contribution in [2.45, 2.75) is 31.8 Å². The molecule has 5 rings (SSSR count). The van der Waals surface area contributed by atoms with Crippen molar-refractivity contribution in [3.05, 3.63) is 41.0 Å². The van der Waals surface area contributed by atoms with Gasteiger partial charge in [-0.15, -0.1) is 0 Å². The Balaban J connectivity index is 1.71. The number of methoxy groups -OCH3 is 2. The molecule has 0 radical (unpaired) electrons. The Morgan fingerprint density at radius 1 is 1.03 bits per heavy atom. The summed E-state index contributed by atoms with van der Waals surface area (Å²) >= 11 is 0.